The molecule has 0 radical (unpaired) electrons. The average molecular weight is 876 g/mol. The van der Waals surface area contributed by atoms with Crippen LogP contribution in [0.4, 0.5) is 0 Å². The third-order valence-corrected chi connectivity index (χ3v) is 18.8. The zero-order chi connectivity index (χ0) is 44.0. The maximum atomic E-state index is 14.7. The molecule has 62 heavy (non-hydrogen) atoms. The van der Waals surface area contributed by atoms with Crippen LogP contribution in [-0.4, -0.2) is 83.7 Å². The molecule has 4 aromatic rings. The number of carbonyl (C=O) groups is 2. The number of fused-ring (bicyclic) bond motifs is 1. The topological polar surface area (TPSA) is 111 Å². The number of benzene rings is 4. The molecular weight excluding hydrogens is 812 g/mol. The molecule has 4 aromatic carbocycles. The Morgan fingerprint density at radius 2 is 1.50 bits per heavy atom. The van der Waals surface area contributed by atoms with Gasteiger partial charge in [0.2, 0.25) is 11.8 Å². The number of carbonyl (C=O) groups excluding carboxylic acids is 2. The zero-order valence-corrected chi connectivity index (χ0v) is 38.4. The Morgan fingerprint density at radius 1 is 0.887 bits per heavy atom. The number of hydrogen-bond acceptors (Lipinski definition) is 7. The van der Waals surface area contributed by atoms with E-state index < -0.39 is 32.2 Å². The van der Waals surface area contributed by atoms with Gasteiger partial charge in [-0.1, -0.05) is 148 Å². The summed E-state index contributed by atoms with van der Waals surface area (Å²) in [6, 6.07) is 35.9. The van der Waals surface area contributed by atoms with Crippen LogP contribution >= 0.6 is 11.6 Å². The third-order valence-electron chi connectivity index (χ3n) is 13.5. The molecule has 3 aliphatic rings. The number of piperidine rings is 1. The van der Waals surface area contributed by atoms with Gasteiger partial charge >= 0.3 is 0 Å². The van der Waals surface area contributed by atoms with E-state index in [0.29, 0.717) is 36.3 Å². The van der Waals surface area contributed by atoms with Gasteiger partial charge in [0.25, 0.3) is 8.32 Å². The van der Waals surface area contributed by atoms with E-state index in [1.54, 1.807) is 12.1 Å². The molecule has 2 fully saturated rings. The number of rotatable bonds is 16. The van der Waals surface area contributed by atoms with Crippen molar-refractivity contribution in [3.05, 3.63) is 142 Å². The molecule has 2 amide bonds. The molecule has 2 saturated heterocycles. The summed E-state index contributed by atoms with van der Waals surface area (Å²) < 4.78 is 7.49. The molecule has 0 spiro atoms. The van der Waals surface area contributed by atoms with E-state index in [9.17, 15) is 24.9 Å². The number of likely N-dealkylation sites (tertiary alicyclic amines) is 2. The Bertz CT molecular complexity index is 2180. The van der Waals surface area contributed by atoms with Crippen LogP contribution in [-0.2, 0) is 20.6 Å². The molecule has 2 heterocycles. The number of aliphatic hydroxyl groups excluding tert-OH is 2. The summed E-state index contributed by atoms with van der Waals surface area (Å²) in [7, 11) is -3.05. The Hall–Kier alpha value is -4.35. The first-order valence-corrected chi connectivity index (χ1v) is 24.7. The molecule has 3 N–H and O–H groups in total. The Kier molecular flexibility index (Phi) is 14.7. The highest BCUT2D eigenvalue weighted by Crippen LogP contribution is 2.48. The molecular formula is C52H63ClN2O6Si. The molecule has 2 aliphatic heterocycles. The fraction of sp³-hybridized carbons (Fsp3) is 0.423. The highest BCUT2D eigenvalue weighted by molar-refractivity contribution is 6.99. The number of aliphatic hydroxyl groups is 2. The van der Waals surface area contributed by atoms with Crippen molar-refractivity contribution < 1.29 is 29.3 Å². The van der Waals surface area contributed by atoms with E-state index >= 15 is 0 Å². The normalized spacial score (nSPS) is 21.1. The standard InChI is InChI=1S/C52H63ClN2O6Si/c1-5-15-36(30-38-23-24-41(57)32-46(38)53)22-25-47(58)48-39(35-61-62(52(2,3)4,42-18-11-7-12-19-42)43-20-13-8-14-21-43)31-44-49(45(48)34-56)51(60)55(50(44)59)40-26-28-54(29-27-40)33-37-16-9-6-10-17-37/h6-14,16-21,23-24,30,32,40,44-45,47,49,56-58H,5,15,22,25-29,31,33-35H2,1-4H3/b36-30+/t44-,45+,47-,49-/m1/s1. The molecule has 0 saturated carbocycles. The Balaban J connectivity index is 1.22. The van der Waals surface area contributed by atoms with Crippen LogP contribution in [0.25, 0.3) is 6.08 Å². The van der Waals surface area contributed by atoms with E-state index in [1.807, 2.05) is 60.7 Å². The summed E-state index contributed by atoms with van der Waals surface area (Å²) in [5.74, 6) is -2.47. The predicted octanol–water partition coefficient (Wildman–Crippen LogP) is 8.52. The lowest BCUT2D eigenvalue weighted by Gasteiger charge is -2.44. The van der Waals surface area contributed by atoms with E-state index in [-0.39, 0.29) is 48.3 Å². The minimum Gasteiger partial charge on any atom is -0.508 e. The molecule has 10 heteroatoms. The minimum absolute atomic E-state index is 0.0945. The van der Waals surface area contributed by atoms with Gasteiger partial charge in [0, 0.05) is 31.6 Å². The lowest BCUT2D eigenvalue weighted by Crippen LogP contribution is -2.66. The van der Waals surface area contributed by atoms with Gasteiger partial charge in [-0.15, -0.1) is 0 Å². The first kappa shape index (κ1) is 45.7. The summed E-state index contributed by atoms with van der Waals surface area (Å²) >= 11 is 6.53. The van der Waals surface area contributed by atoms with Gasteiger partial charge < -0.3 is 19.7 Å². The lowest BCUT2D eigenvalue weighted by molar-refractivity contribution is -0.144. The van der Waals surface area contributed by atoms with Gasteiger partial charge in [-0.3, -0.25) is 19.4 Å². The second-order valence-corrected chi connectivity index (χ2v) is 23.2. The molecule has 328 valence electrons. The highest BCUT2D eigenvalue weighted by atomic mass is 35.5. The number of imide groups is 1. The van der Waals surface area contributed by atoms with Gasteiger partial charge in [-0.05, 0) is 94.4 Å². The Morgan fingerprint density at radius 3 is 2.06 bits per heavy atom. The van der Waals surface area contributed by atoms with Gasteiger partial charge in [0.05, 0.1) is 36.2 Å². The van der Waals surface area contributed by atoms with Crippen molar-refractivity contribution in [1.29, 1.82) is 0 Å². The van der Waals surface area contributed by atoms with Crippen molar-refractivity contribution in [2.45, 2.75) is 96.4 Å². The second kappa shape index (κ2) is 20.0. The number of amides is 2. The fourth-order valence-corrected chi connectivity index (χ4v) is 15.3. The molecule has 7 rings (SSSR count). The van der Waals surface area contributed by atoms with Crippen LogP contribution in [0.3, 0.4) is 0 Å². The van der Waals surface area contributed by atoms with Crippen LogP contribution in [0.15, 0.2) is 126 Å². The first-order chi connectivity index (χ1) is 29.9. The van der Waals surface area contributed by atoms with Crippen LogP contribution in [0.5, 0.6) is 5.75 Å². The monoisotopic (exact) mass is 874 g/mol. The van der Waals surface area contributed by atoms with Crippen molar-refractivity contribution in [2.75, 3.05) is 26.3 Å². The highest BCUT2D eigenvalue weighted by Gasteiger charge is 2.57. The number of phenolic OH excluding ortho intramolecular Hbond substituents is 1. The summed E-state index contributed by atoms with van der Waals surface area (Å²) in [6.07, 6.45) is 5.26. The SMILES string of the molecule is CCC/C(=C\c1ccc(O)cc1Cl)CC[C@@H](O)C1=C(CO[Si](c2ccccc2)(c2ccccc2)C(C)(C)C)C[C@H]2C(=O)N(C3CCN(Cc4ccccc4)CC3)C(=O)[C@H]2[C@H]1CO. The van der Waals surface area contributed by atoms with Gasteiger partial charge in [0.15, 0.2) is 0 Å². The molecule has 8 nitrogen and oxygen atoms in total. The molecule has 4 atom stereocenters. The summed E-state index contributed by atoms with van der Waals surface area (Å²) in [5, 5.41) is 36.2. The van der Waals surface area contributed by atoms with Gasteiger partial charge in [-0.2, -0.15) is 0 Å². The number of nitrogens with zero attached hydrogens (tertiary/aromatic N) is 2. The van der Waals surface area contributed by atoms with E-state index in [4.69, 9.17) is 16.0 Å². The largest absolute Gasteiger partial charge is 0.508 e. The quantitative estimate of drug-likeness (QED) is 0.0589. The third kappa shape index (κ3) is 9.59. The summed E-state index contributed by atoms with van der Waals surface area (Å²) in [4.78, 5) is 33.3. The van der Waals surface area contributed by atoms with Crippen LogP contribution in [0.2, 0.25) is 10.1 Å². The van der Waals surface area contributed by atoms with Crippen LogP contribution in [0.1, 0.15) is 83.8 Å². The van der Waals surface area contributed by atoms with Crippen LogP contribution < -0.4 is 10.4 Å². The molecule has 1 aliphatic carbocycles. The van der Waals surface area contributed by atoms with Crippen molar-refractivity contribution in [3.8, 4) is 5.75 Å². The first-order valence-electron chi connectivity index (χ1n) is 22.4. The lowest BCUT2D eigenvalue weighted by atomic mass is 9.68. The van der Waals surface area contributed by atoms with Crippen LogP contribution in [0, 0.1) is 17.8 Å². The van der Waals surface area contributed by atoms with Crippen molar-refractivity contribution in [2.24, 2.45) is 17.8 Å². The zero-order valence-electron chi connectivity index (χ0n) is 36.7. The van der Waals surface area contributed by atoms with E-state index in [2.05, 4.69) is 69.0 Å². The Labute approximate surface area is 374 Å². The second-order valence-electron chi connectivity index (χ2n) is 18.5. The van der Waals surface area contributed by atoms with E-state index in [0.717, 1.165) is 59.6 Å². The number of aromatic hydroxyl groups is 1. The molecule has 0 unspecified atom stereocenters. The minimum atomic E-state index is -3.05. The fourth-order valence-electron chi connectivity index (χ4n) is 10.5. The summed E-state index contributed by atoms with van der Waals surface area (Å²) in [5.41, 5.74) is 4.55. The number of phenols is 1. The average Bonchev–Trinajstić information content (AvgIpc) is 3.52. The van der Waals surface area contributed by atoms with Gasteiger partial charge in [0.1, 0.15) is 5.75 Å². The molecule has 0 aromatic heterocycles. The van der Waals surface area contributed by atoms with Crippen molar-refractivity contribution in [1.82, 2.24) is 9.80 Å². The maximum Gasteiger partial charge on any atom is 0.261 e. The number of hydrogen-bond donors (Lipinski definition) is 3. The van der Waals surface area contributed by atoms with Crippen molar-refractivity contribution >= 4 is 48.2 Å². The maximum absolute atomic E-state index is 14.7. The van der Waals surface area contributed by atoms with Crippen molar-refractivity contribution in [3.63, 3.8) is 0 Å². The smallest absolute Gasteiger partial charge is 0.261 e. The number of allylic oxidation sites excluding steroid dienone is 1. The number of halogens is 1. The molecule has 0 bridgehead atoms. The summed E-state index contributed by atoms with van der Waals surface area (Å²) in [6.45, 7) is 10.9. The van der Waals surface area contributed by atoms with Gasteiger partial charge in [-0.25, -0.2) is 0 Å². The van der Waals surface area contributed by atoms with E-state index in [1.165, 1.54) is 16.5 Å². The predicted molar refractivity (Wildman–Crippen MR) is 251 cm³/mol.